The van der Waals surface area contributed by atoms with Gasteiger partial charge in [-0.25, -0.2) is 9.07 Å². The van der Waals surface area contributed by atoms with Gasteiger partial charge in [-0.15, -0.1) is 5.10 Å². The minimum atomic E-state index is -1.34. The summed E-state index contributed by atoms with van der Waals surface area (Å²) in [5.74, 6) is -0.961. The van der Waals surface area contributed by atoms with Gasteiger partial charge in [-0.2, -0.15) is 5.26 Å². The molecule has 2 aromatic carbocycles. The summed E-state index contributed by atoms with van der Waals surface area (Å²) in [5, 5.41) is 50.1. The summed E-state index contributed by atoms with van der Waals surface area (Å²) in [6.07, 6.45) is -2.49. The minimum Gasteiger partial charge on any atom is -0.394 e. The van der Waals surface area contributed by atoms with E-state index in [1.54, 1.807) is 37.3 Å². The van der Waals surface area contributed by atoms with Crippen molar-refractivity contribution in [1.82, 2.24) is 15.0 Å². The number of nitrogens with zero attached hydrogens (tertiary/aromatic N) is 5. The molecule has 5 rings (SSSR count). The van der Waals surface area contributed by atoms with Crippen LogP contribution in [0.5, 0.6) is 0 Å². The number of hydrogen-bond donors (Lipinski definition) is 3. The van der Waals surface area contributed by atoms with Crippen LogP contribution in [0.1, 0.15) is 42.0 Å². The van der Waals surface area contributed by atoms with E-state index >= 15 is 0 Å². The molecular formula is C30H34FN5O6. The fraction of sp³-hybridized carbons (Fsp3) is 0.467. The van der Waals surface area contributed by atoms with E-state index in [0.717, 1.165) is 5.56 Å². The summed E-state index contributed by atoms with van der Waals surface area (Å²) in [5.41, 5.74) is 2.82. The van der Waals surface area contributed by atoms with Crippen LogP contribution in [0.2, 0.25) is 0 Å². The molecule has 2 aliphatic rings. The number of nitriles is 1. The maximum Gasteiger partial charge on any atom is 0.259 e. The molecule has 1 saturated carbocycles. The fourth-order valence-electron chi connectivity index (χ4n) is 5.97. The monoisotopic (exact) mass is 579 g/mol. The summed E-state index contributed by atoms with van der Waals surface area (Å²) >= 11 is 0. The van der Waals surface area contributed by atoms with Crippen molar-refractivity contribution < 1.29 is 34.0 Å². The van der Waals surface area contributed by atoms with Gasteiger partial charge in [0, 0.05) is 18.4 Å². The summed E-state index contributed by atoms with van der Waals surface area (Å²) in [7, 11) is 1.37. The van der Waals surface area contributed by atoms with Crippen molar-refractivity contribution >= 4 is 11.6 Å². The van der Waals surface area contributed by atoms with Crippen LogP contribution in [0.25, 0.3) is 11.3 Å². The van der Waals surface area contributed by atoms with E-state index in [2.05, 4.69) is 16.4 Å². The Labute approximate surface area is 242 Å². The van der Waals surface area contributed by atoms with E-state index in [1.165, 1.54) is 29.0 Å². The molecule has 1 amide bonds. The summed E-state index contributed by atoms with van der Waals surface area (Å²) in [4.78, 5) is 15.9. The van der Waals surface area contributed by atoms with Gasteiger partial charge < -0.3 is 29.7 Å². The molecular weight excluding hydrogens is 545 g/mol. The number of aliphatic hydroxyl groups excluding tert-OH is 3. The number of aliphatic hydroxyl groups is 3. The third-order valence-electron chi connectivity index (χ3n) is 8.15. The number of hydrogen-bond acceptors (Lipinski definition) is 9. The molecule has 222 valence electrons. The molecule has 2 fully saturated rings. The topological polar surface area (TPSA) is 154 Å². The Kier molecular flexibility index (Phi) is 8.68. The molecule has 7 atom stereocenters. The van der Waals surface area contributed by atoms with Gasteiger partial charge in [0.25, 0.3) is 5.91 Å². The normalized spacial score (nSPS) is 27.5. The first-order chi connectivity index (χ1) is 20.2. The maximum absolute atomic E-state index is 14.4. The predicted octanol–water partition coefficient (Wildman–Crippen LogP) is 2.20. The Bertz CT molecular complexity index is 1490. The van der Waals surface area contributed by atoms with E-state index in [9.17, 15) is 29.8 Å². The molecule has 0 bridgehead atoms. The summed E-state index contributed by atoms with van der Waals surface area (Å²) in [6.45, 7) is 2.86. The molecule has 1 saturated heterocycles. The largest absolute Gasteiger partial charge is 0.394 e. The lowest BCUT2D eigenvalue weighted by atomic mass is 9.91. The lowest BCUT2D eigenvalue weighted by molar-refractivity contribution is -0.211. The van der Waals surface area contributed by atoms with Crippen LogP contribution < -0.4 is 4.90 Å². The molecule has 12 heteroatoms. The van der Waals surface area contributed by atoms with Crippen molar-refractivity contribution in [2.45, 2.75) is 75.7 Å². The zero-order chi connectivity index (χ0) is 30.1. The standard InChI is InChI=1S/C30H34FN5O6/c1-16-9-18(13-32)11-20(10-16)36(23-5-4-6-24(23)38)30(40)29-28(41-3)26(27(39)25(15-37)42-29)35-14-22(33-34-35)19-8-7-17(2)21(31)12-19/h7-12,14,23-29,37-39H,4-6,15H2,1-3H3/t23-,24-,25?,26?,27?,28?,29?/m0/s1. The van der Waals surface area contributed by atoms with Crippen molar-refractivity contribution in [3.05, 3.63) is 65.1 Å². The number of methoxy groups -OCH3 is 1. The van der Waals surface area contributed by atoms with Crippen LogP contribution in [0, 0.1) is 31.0 Å². The Hall–Kier alpha value is -3.73. The quantitative estimate of drug-likeness (QED) is 0.382. The van der Waals surface area contributed by atoms with Crippen LogP contribution in [0.3, 0.4) is 0 Å². The zero-order valence-corrected chi connectivity index (χ0v) is 23.6. The SMILES string of the molecule is COC1C(C(=O)N(c2cc(C)cc(C#N)c2)[C@H]2CCC[C@@H]2O)OC(CO)C(O)C1n1cc(-c2ccc(C)c(F)c2)nn1. The number of rotatable bonds is 7. The molecule has 11 nitrogen and oxygen atoms in total. The number of benzene rings is 2. The average Bonchev–Trinajstić information content (AvgIpc) is 3.63. The smallest absolute Gasteiger partial charge is 0.259 e. The number of carbonyl (C=O) groups excluding carboxylic acids is 1. The maximum atomic E-state index is 14.4. The van der Waals surface area contributed by atoms with Gasteiger partial charge in [0.2, 0.25) is 0 Å². The van der Waals surface area contributed by atoms with Gasteiger partial charge in [-0.05, 0) is 68.5 Å². The molecule has 1 aliphatic carbocycles. The van der Waals surface area contributed by atoms with Gasteiger partial charge in [0.15, 0.2) is 6.10 Å². The first-order valence-corrected chi connectivity index (χ1v) is 13.8. The Morgan fingerprint density at radius 3 is 2.67 bits per heavy atom. The second-order valence-corrected chi connectivity index (χ2v) is 10.9. The Morgan fingerprint density at radius 1 is 1.24 bits per heavy atom. The van der Waals surface area contributed by atoms with E-state index in [0.29, 0.717) is 47.3 Å². The molecule has 42 heavy (non-hydrogen) atoms. The van der Waals surface area contributed by atoms with E-state index in [4.69, 9.17) is 9.47 Å². The minimum absolute atomic E-state index is 0.338. The number of aromatic nitrogens is 3. The highest BCUT2D eigenvalue weighted by atomic mass is 19.1. The van der Waals surface area contributed by atoms with Crippen molar-refractivity contribution in [3.8, 4) is 17.3 Å². The number of aryl methyl sites for hydroxylation is 2. The Balaban J connectivity index is 1.55. The van der Waals surface area contributed by atoms with Gasteiger partial charge in [0.05, 0.1) is 36.6 Å². The van der Waals surface area contributed by atoms with Crippen LogP contribution in [-0.4, -0.2) is 86.5 Å². The second kappa shape index (κ2) is 12.2. The number of amides is 1. The molecule has 2 heterocycles. The highest BCUT2D eigenvalue weighted by Crippen LogP contribution is 2.37. The van der Waals surface area contributed by atoms with Crippen molar-refractivity contribution in [2.75, 3.05) is 18.6 Å². The van der Waals surface area contributed by atoms with Crippen LogP contribution in [-0.2, 0) is 14.3 Å². The molecule has 0 radical (unpaired) electrons. The third-order valence-corrected chi connectivity index (χ3v) is 8.15. The lowest BCUT2D eigenvalue weighted by Gasteiger charge is -2.45. The zero-order valence-electron chi connectivity index (χ0n) is 23.6. The average molecular weight is 580 g/mol. The van der Waals surface area contributed by atoms with Gasteiger partial charge in [0.1, 0.15) is 35.9 Å². The number of halogens is 1. The molecule has 3 aromatic rings. The number of carbonyl (C=O) groups is 1. The molecule has 3 N–H and O–H groups in total. The van der Waals surface area contributed by atoms with Crippen molar-refractivity contribution in [2.24, 2.45) is 0 Å². The molecule has 1 aromatic heterocycles. The highest BCUT2D eigenvalue weighted by Gasteiger charge is 2.52. The fourth-order valence-corrected chi connectivity index (χ4v) is 5.97. The molecule has 0 spiro atoms. The van der Waals surface area contributed by atoms with E-state index in [1.807, 2.05) is 6.92 Å². The predicted molar refractivity (Wildman–Crippen MR) is 149 cm³/mol. The first-order valence-electron chi connectivity index (χ1n) is 13.8. The van der Waals surface area contributed by atoms with Gasteiger partial charge in [-0.3, -0.25) is 4.79 Å². The van der Waals surface area contributed by atoms with Crippen molar-refractivity contribution in [1.29, 1.82) is 5.26 Å². The molecule has 1 aliphatic heterocycles. The second-order valence-electron chi connectivity index (χ2n) is 10.9. The van der Waals surface area contributed by atoms with E-state index in [-0.39, 0.29) is 0 Å². The first kappa shape index (κ1) is 29.8. The van der Waals surface area contributed by atoms with Crippen LogP contribution in [0.4, 0.5) is 10.1 Å². The molecule has 5 unspecified atom stereocenters. The lowest BCUT2D eigenvalue weighted by Crippen LogP contribution is -2.62. The Morgan fingerprint density at radius 2 is 2.02 bits per heavy atom. The number of ether oxygens (including phenoxy) is 2. The highest BCUT2D eigenvalue weighted by molar-refractivity contribution is 5.98. The van der Waals surface area contributed by atoms with Crippen LogP contribution >= 0.6 is 0 Å². The van der Waals surface area contributed by atoms with Gasteiger partial charge >= 0.3 is 0 Å². The summed E-state index contributed by atoms with van der Waals surface area (Å²) in [6, 6.07) is 10.2. The third kappa shape index (κ3) is 5.54. The number of anilines is 1. The van der Waals surface area contributed by atoms with Crippen molar-refractivity contribution in [3.63, 3.8) is 0 Å². The summed E-state index contributed by atoms with van der Waals surface area (Å²) < 4.78 is 27.4. The van der Waals surface area contributed by atoms with Gasteiger partial charge in [-0.1, -0.05) is 17.3 Å². The van der Waals surface area contributed by atoms with Crippen LogP contribution in [0.15, 0.2) is 42.6 Å². The van der Waals surface area contributed by atoms with E-state index < -0.39 is 60.9 Å².